The molecular formula is C21H29FN6. The Bertz CT molecular complexity index is 901. The summed E-state index contributed by atoms with van der Waals surface area (Å²) in [6.07, 6.45) is 8.30. The largest absolute Gasteiger partial charge is 0.344 e. The quantitative estimate of drug-likeness (QED) is 0.556. The summed E-state index contributed by atoms with van der Waals surface area (Å²) in [6.45, 7) is 4.62. The van der Waals surface area contributed by atoms with Gasteiger partial charge in [0.2, 0.25) is 0 Å². The van der Waals surface area contributed by atoms with Crippen LogP contribution in [0, 0.1) is 5.82 Å². The van der Waals surface area contributed by atoms with E-state index in [1.54, 1.807) is 18.3 Å². The molecule has 0 aliphatic carbocycles. The minimum absolute atomic E-state index is 0.156. The van der Waals surface area contributed by atoms with E-state index in [1.165, 1.54) is 29.6 Å². The molecule has 0 saturated heterocycles. The third-order valence-electron chi connectivity index (χ3n) is 5.79. The van der Waals surface area contributed by atoms with Crippen molar-refractivity contribution >= 4 is 10.9 Å². The van der Waals surface area contributed by atoms with Crippen molar-refractivity contribution in [2.24, 2.45) is 5.73 Å². The van der Waals surface area contributed by atoms with E-state index in [0.717, 1.165) is 69.5 Å². The Morgan fingerprint density at radius 3 is 2.86 bits per heavy atom. The number of nitrogens with zero attached hydrogens (tertiary/aromatic N) is 4. The fourth-order valence-electron chi connectivity index (χ4n) is 4.31. The number of aryl methyl sites for hydroxylation is 1. The Kier molecular flexibility index (Phi) is 6.02. The van der Waals surface area contributed by atoms with E-state index in [-0.39, 0.29) is 5.82 Å². The first-order valence-electron chi connectivity index (χ1n) is 10.3. The van der Waals surface area contributed by atoms with Crippen molar-refractivity contribution < 1.29 is 4.39 Å². The van der Waals surface area contributed by atoms with Gasteiger partial charge < -0.3 is 10.3 Å². The van der Waals surface area contributed by atoms with Crippen LogP contribution in [-0.4, -0.2) is 44.5 Å². The Hall–Kier alpha value is -2.25. The van der Waals surface area contributed by atoms with Gasteiger partial charge in [-0.25, -0.2) is 4.39 Å². The molecule has 1 aliphatic heterocycles. The predicted molar refractivity (Wildman–Crippen MR) is 108 cm³/mol. The van der Waals surface area contributed by atoms with Crippen LogP contribution in [0.5, 0.6) is 0 Å². The number of rotatable bonds is 9. The van der Waals surface area contributed by atoms with E-state index in [0.29, 0.717) is 0 Å². The molecule has 7 heteroatoms. The van der Waals surface area contributed by atoms with Gasteiger partial charge in [-0.15, -0.1) is 5.10 Å². The molecule has 4 rings (SSSR count). The Labute approximate surface area is 164 Å². The summed E-state index contributed by atoms with van der Waals surface area (Å²) < 4.78 is 16.4. The molecule has 0 bridgehead atoms. The SMILES string of the molecule is NCCCCCCn1c2c(c3cc(F)ccc31)CN(CCc1cnn[nH]1)CC2. The molecular weight excluding hydrogens is 355 g/mol. The van der Waals surface area contributed by atoms with Gasteiger partial charge in [-0.05, 0) is 43.1 Å². The number of benzene rings is 1. The highest BCUT2D eigenvalue weighted by atomic mass is 19.1. The molecule has 0 saturated carbocycles. The zero-order valence-corrected chi connectivity index (χ0v) is 16.3. The highest BCUT2D eigenvalue weighted by molar-refractivity contribution is 5.86. The summed E-state index contributed by atoms with van der Waals surface area (Å²) in [5, 5.41) is 11.6. The number of aromatic amines is 1. The summed E-state index contributed by atoms with van der Waals surface area (Å²) in [5.41, 5.74) is 10.5. The van der Waals surface area contributed by atoms with Crippen LogP contribution in [0.2, 0.25) is 0 Å². The van der Waals surface area contributed by atoms with Gasteiger partial charge in [0, 0.05) is 55.6 Å². The van der Waals surface area contributed by atoms with Gasteiger partial charge in [-0.1, -0.05) is 18.1 Å². The molecule has 0 spiro atoms. The third-order valence-corrected chi connectivity index (χ3v) is 5.79. The molecule has 3 heterocycles. The van der Waals surface area contributed by atoms with Crippen LogP contribution in [-0.2, 0) is 25.9 Å². The van der Waals surface area contributed by atoms with Gasteiger partial charge in [0.05, 0.1) is 11.9 Å². The molecule has 0 amide bonds. The molecule has 1 aliphatic rings. The Morgan fingerprint density at radius 2 is 2.04 bits per heavy atom. The van der Waals surface area contributed by atoms with Crippen LogP contribution < -0.4 is 5.73 Å². The Balaban J connectivity index is 1.52. The highest BCUT2D eigenvalue weighted by Gasteiger charge is 2.24. The van der Waals surface area contributed by atoms with E-state index in [1.807, 2.05) is 6.07 Å². The maximum atomic E-state index is 14.0. The number of H-pyrrole nitrogens is 1. The lowest BCUT2D eigenvalue weighted by Crippen LogP contribution is -2.32. The van der Waals surface area contributed by atoms with Gasteiger partial charge in [-0.2, -0.15) is 0 Å². The third kappa shape index (κ3) is 4.10. The van der Waals surface area contributed by atoms with Crippen molar-refractivity contribution in [2.75, 3.05) is 19.6 Å². The zero-order chi connectivity index (χ0) is 19.3. The monoisotopic (exact) mass is 384 g/mol. The summed E-state index contributed by atoms with van der Waals surface area (Å²) in [7, 11) is 0. The topological polar surface area (TPSA) is 75.8 Å². The van der Waals surface area contributed by atoms with Gasteiger partial charge in [0.1, 0.15) is 5.82 Å². The lowest BCUT2D eigenvalue weighted by molar-refractivity contribution is 0.254. The average molecular weight is 385 g/mol. The number of fused-ring (bicyclic) bond motifs is 3. The first-order chi connectivity index (χ1) is 13.8. The molecule has 3 aromatic rings. The summed E-state index contributed by atoms with van der Waals surface area (Å²) in [6, 6.07) is 5.24. The molecule has 150 valence electrons. The number of nitrogens with one attached hydrogen (secondary N) is 1. The lowest BCUT2D eigenvalue weighted by Gasteiger charge is -2.28. The first-order valence-corrected chi connectivity index (χ1v) is 10.3. The van der Waals surface area contributed by atoms with Crippen molar-refractivity contribution in [3.63, 3.8) is 0 Å². The van der Waals surface area contributed by atoms with Crippen LogP contribution in [0.4, 0.5) is 4.39 Å². The van der Waals surface area contributed by atoms with Crippen LogP contribution in [0.25, 0.3) is 10.9 Å². The highest BCUT2D eigenvalue weighted by Crippen LogP contribution is 2.32. The molecule has 0 fully saturated rings. The minimum Gasteiger partial charge on any atom is -0.344 e. The predicted octanol–water partition coefficient (Wildman–Crippen LogP) is 3.02. The number of aromatic nitrogens is 4. The van der Waals surface area contributed by atoms with Crippen molar-refractivity contribution in [3.05, 3.63) is 47.2 Å². The first kappa shape index (κ1) is 19.1. The van der Waals surface area contributed by atoms with Gasteiger partial charge in [-0.3, -0.25) is 10.00 Å². The van der Waals surface area contributed by atoms with E-state index in [9.17, 15) is 4.39 Å². The van der Waals surface area contributed by atoms with E-state index in [2.05, 4.69) is 24.9 Å². The van der Waals surface area contributed by atoms with Crippen molar-refractivity contribution in [1.82, 2.24) is 24.9 Å². The number of unbranched alkanes of at least 4 members (excludes halogenated alkanes) is 3. The minimum atomic E-state index is -0.156. The standard InChI is InChI=1S/C21H29FN6/c22-16-5-6-20-18(13-16)19-15-27(11-7-17-14-24-26-25-17)12-8-21(19)28(20)10-4-2-1-3-9-23/h5-6,13-14H,1-4,7-12,15,23H2,(H,24,25,26). The molecule has 1 aromatic carbocycles. The fourth-order valence-corrected chi connectivity index (χ4v) is 4.31. The molecule has 2 aromatic heterocycles. The van der Waals surface area contributed by atoms with Gasteiger partial charge in [0.25, 0.3) is 0 Å². The normalized spacial score (nSPS) is 14.6. The van der Waals surface area contributed by atoms with Gasteiger partial charge in [0.15, 0.2) is 0 Å². The summed E-state index contributed by atoms with van der Waals surface area (Å²) in [4.78, 5) is 2.44. The second-order valence-corrected chi connectivity index (χ2v) is 7.70. The molecule has 28 heavy (non-hydrogen) atoms. The Morgan fingerprint density at radius 1 is 1.14 bits per heavy atom. The van der Waals surface area contributed by atoms with E-state index in [4.69, 9.17) is 5.73 Å². The number of hydrogen-bond acceptors (Lipinski definition) is 4. The second kappa shape index (κ2) is 8.84. The van der Waals surface area contributed by atoms with Crippen molar-refractivity contribution in [3.8, 4) is 0 Å². The summed E-state index contributed by atoms with van der Waals surface area (Å²) in [5.74, 6) is -0.156. The molecule has 3 N–H and O–H groups in total. The summed E-state index contributed by atoms with van der Waals surface area (Å²) >= 11 is 0. The van der Waals surface area contributed by atoms with Gasteiger partial charge >= 0.3 is 0 Å². The fraction of sp³-hybridized carbons (Fsp3) is 0.524. The van der Waals surface area contributed by atoms with E-state index >= 15 is 0 Å². The number of nitrogens with two attached hydrogens (primary N) is 1. The van der Waals surface area contributed by atoms with Crippen LogP contribution in [0.15, 0.2) is 24.4 Å². The number of halogens is 1. The molecule has 0 unspecified atom stereocenters. The lowest BCUT2D eigenvalue weighted by atomic mass is 10.0. The van der Waals surface area contributed by atoms with Crippen LogP contribution in [0.1, 0.15) is 42.6 Å². The van der Waals surface area contributed by atoms with E-state index < -0.39 is 0 Å². The van der Waals surface area contributed by atoms with Crippen LogP contribution in [0.3, 0.4) is 0 Å². The van der Waals surface area contributed by atoms with Crippen molar-refractivity contribution in [1.29, 1.82) is 0 Å². The molecule has 0 atom stereocenters. The molecule has 0 radical (unpaired) electrons. The van der Waals surface area contributed by atoms with Crippen LogP contribution >= 0.6 is 0 Å². The zero-order valence-electron chi connectivity index (χ0n) is 16.3. The average Bonchev–Trinajstić information content (AvgIpc) is 3.32. The number of hydrogen-bond donors (Lipinski definition) is 2. The molecule has 6 nitrogen and oxygen atoms in total. The maximum Gasteiger partial charge on any atom is 0.123 e. The maximum absolute atomic E-state index is 14.0. The van der Waals surface area contributed by atoms with Crippen molar-refractivity contribution in [2.45, 2.75) is 51.6 Å². The smallest absolute Gasteiger partial charge is 0.123 e. The second-order valence-electron chi connectivity index (χ2n) is 7.70.